The maximum absolute atomic E-state index is 12.7. The lowest BCUT2D eigenvalue weighted by Crippen LogP contribution is -2.42. The van der Waals surface area contributed by atoms with Crippen molar-refractivity contribution >= 4 is 17.5 Å². The third-order valence-electron chi connectivity index (χ3n) is 5.33. The summed E-state index contributed by atoms with van der Waals surface area (Å²) in [6.45, 7) is 5.35. The van der Waals surface area contributed by atoms with Crippen molar-refractivity contribution in [1.82, 2.24) is 9.91 Å². The second-order valence-corrected chi connectivity index (χ2v) is 7.46. The van der Waals surface area contributed by atoms with Crippen LogP contribution in [0.25, 0.3) is 0 Å². The highest BCUT2D eigenvalue weighted by Crippen LogP contribution is 2.21. The second kappa shape index (κ2) is 10.2. The molecule has 4 rings (SSSR count). The van der Waals surface area contributed by atoms with Crippen LogP contribution in [0, 0.1) is 0 Å². The molecule has 0 spiro atoms. The van der Waals surface area contributed by atoms with Crippen LogP contribution in [0.5, 0.6) is 5.75 Å². The van der Waals surface area contributed by atoms with E-state index in [1.54, 1.807) is 29.2 Å². The predicted octanol–water partition coefficient (Wildman–Crippen LogP) is 2.84. The van der Waals surface area contributed by atoms with Crippen LogP contribution in [-0.2, 0) is 29.1 Å². The first kappa shape index (κ1) is 22.5. The molecular weight excluding hydrogens is 394 g/mol. The van der Waals surface area contributed by atoms with E-state index in [1.807, 2.05) is 32.0 Å². The molecule has 0 bridgehead atoms. The molecule has 2 N–H and O–H groups in total. The van der Waals surface area contributed by atoms with Crippen molar-refractivity contribution < 1.29 is 19.8 Å². The third-order valence-corrected chi connectivity index (χ3v) is 5.33. The number of aliphatic hydroxyl groups excluding tert-OH is 1. The van der Waals surface area contributed by atoms with E-state index in [0.29, 0.717) is 18.8 Å². The normalized spacial score (nSPS) is 16.2. The van der Waals surface area contributed by atoms with Gasteiger partial charge in [-0.2, -0.15) is 5.10 Å². The fourth-order valence-electron chi connectivity index (χ4n) is 3.74. The van der Waals surface area contributed by atoms with Gasteiger partial charge >= 0.3 is 0 Å². The lowest BCUT2D eigenvalue weighted by Gasteiger charge is -2.30. The number of phenolic OH excluding ortho intramolecular Hbond substituents is 1. The molecule has 7 nitrogen and oxygen atoms in total. The number of hydrogen-bond donors (Lipinski definition) is 2. The number of amides is 2. The molecule has 31 heavy (non-hydrogen) atoms. The number of hydrazone groups is 1. The van der Waals surface area contributed by atoms with E-state index in [0.717, 1.165) is 17.5 Å². The monoisotopic (exact) mass is 423 g/mol. The summed E-state index contributed by atoms with van der Waals surface area (Å²) in [4.78, 5) is 26.6. The summed E-state index contributed by atoms with van der Waals surface area (Å²) in [5.74, 6) is -0.334. The zero-order valence-electron chi connectivity index (χ0n) is 18.0. The molecule has 0 aromatic heterocycles. The van der Waals surface area contributed by atoms with Crippen molar-refractivity contribution in [2.45, 2.75) is 52.3 Å². The Labute approximate surface area is 182 Å². The van der Waals surface area contributed by atoms with Gasteiger partial charge in [-0.25, -0.2) is 5.01 Å². The van der Waals surface area contributed by atoms with Crippen LogP contribution in [0.15, 0.2) is 53.6 Å². The molecule has 164 valence electrons. The fraction of sp³-hybridized carbons (Fsp3) is 0.375. The number of carbonyl (C=O) groups is 2. The van der Waals surface area contributed by atoms with E-state index < -0.39 is 6.10 Å². The SMILES string of the molecule is CC.O=C(C(O)CC1=NN(Cc2ccc(O)cc2)C(=O)C1)N1CCc2ccccc2C1. The number of fused-ring (bicyclic) bond motifs is 1. The van der Waals surface area contributed by atoms with E-state index in [9.17, 15) is 19.8 Å². The van der Waals surface area contributed by atoms with Gasteiger partial charge < -0.3 is 15.1 Å². The number of rotatable bonds is 5. The van der Waals surface area contributed by atoms with Crippen LogP contribution in [0.3, 0.4) is 0 Å². The van der Waals surface area contributed by atoms with E-state index in [4.69, 9.17) is 0 Å². The first-order valence-corrected chi connectivity index (χ1v) is 10.7. The van der Waals surface area contributed by atoms with Gasteiger partial charge in [-0.05, 0) is 35.2 Å². The minimum Gasteiger partial charge on any atom is -0.508 e. The number of nitrogens with zero attached hydrogens (tertiary/aromatic N) is 3. The van der Waals surface area contributed by atoms with Gasteiger partial charge in [-0.3, -0.25) is 9.59 Å². The van der Waals surface area contributed by atoms with Gasteiger partial charge in [0, 0.05) is 19.5 Å². The van der Waals surface area contributed by atoms with Crippen LogP contribution >= 0.6 is 0 Å². The minimum atomic E-state index is -1.21. The van der Waals surface area contributed by atoms with Crippen molar-refractivity contribution in [3.63, 3.8) is 0 Å². The van der Waals surface area contributed by atoms with Crippen molar-refractivity contribution in [1.29, 1.82) is 0 Å². The van der Waals surface area contributed by atoms with Crippen molar-refractivity contribution in [2.24, 2.45) is 5.10 Å². The number of benzene rings is 2. The highest BCUT2D eigenvalue weighted by molar-refractivity contribution is 6.06. The summed E-state index contributed by atoms with van der Waals surface area (Å²) in [5, 5.41) is 25.4. The molecule has 7 heteroatoms. The molecule has 1 unspecified atom stereocenters. The summed E-state index contributed by atoms with van der Waals surface area (Å²) in [7, 11) is 0. The molecule has 2 aliphatic heterocycles. The zero-order valence-corrected chi connectivity index (χ0v) is 18.0. The summed E-state index contributed by atoms with van der Waals surface area (Å²) in [6.07, 6.45) is -0.283. The average molecular weight is 424 g/mol. The van der Waals surface area contributed by atoms with Crippen molar-refractivity contribution in [3.8, 4) is 5.75 Å². The Kier molecular flexibility index (Phi) is 7.41. The lowest BCUT2D eigenvalue weighted by molar-refractivity contribution is -0.140. The number of phenols is 1. The Morgan fingerprint density at radius 1 is 1.10 bits per heavy atom. The Hall–Kier alpha value is -3.19. The topological polar surface area (TPSA) is 93.4 Å². The minimum absolute atomic E-state index is 0.0504. The summed E-state index contributed by atoms with van der Waals surface area (Å²) < 4.78 is 0. The first-order valence-electron chi connectivity index (χ1n) is 10.7. The smallest absolute Gasteiger partial charge is 0.252 e. The van der Waals surface area contributed by atoms with Gasteiger partial charge in [0.15, 0.2) is 0 Å². The van der Waals surface area contributed by atoms with Gasteiger partial charge in [-0.15, -0.1) is 0 Å². The fourth-order valence-corrected chi connectivity index (χ4v) is 3.74. The summed E-state index contributed by atoms with van der Waals surface area (Å²) in [5.41, 5.74) is 3.69. The summed E-state index contributed by atoms with van der Waals surface area (Å²) in [6, 6.07) is 14.6. The van der Waals surface area contributed by atoms with Gasteiger partial charge in [-0.1, -0.05) is 50.2 Å². The highest BCUT2D eigenvalue weighted by atomic mass is 16.3. The Morgan fingerprint density at radius 3 is 2.48 bits per heavy atom. The maximum Gasteiger partial charge on any atom is 0.252 e. The summed E-state index contributed by atoms with van der Waals surface area (Å²) >= 11 is 0. The second-order valence-electron chi connectivity index (χ2n) is 7.46. The maximum atomic E-state index is 12.7. The van der Waals surface area contributed by atoms with E-state index >= 15 is 0 Å². The average Bonchev–Trinajstić information content (AvgIpc) is 3.14. The third kappa shape index (κ3) is 5.49. The zero-order chi connectivity index (χ0) is 22.4. The Balaban J connectivity index is 0.00000132. The van der Waals surface area contributed by atoms with Crippen LogP contribution in [0.1, 0.15) is 43.4 Å². The molecule has 0 saturated carbocycles. The molecule has 1 atom stereocenters. The lowest BCUT2D eigenvalue weighted by atomic mass is 9.99. The molecule has 2 amide bonds. The molecule has 2 aromatic rings. The highest BCUT2D eigenvalue weighted by Gasteiger charge is 2.30. The van der Waals surface area contributed by atoms with Crippen LogP contribution < -0.4 is 0 Å². The van der Waals surface area contributed by atoms with E-state index in [1.165, 1.54) is 10.6 Å². The van der Waals surface area contributed by atoms with Gasteiger partial charge in [0.1, 0.15) is 11.9 Å². The van der Waals surface area contributed by atoms with Crippen molar-refractivity contribution in [2.75, 3.05) is 6.54 Å². The standard InChI is InChI=1S/C22H23N3O4.C2H6/c26-19-7-5-15(6-8-19)13-25-21(28)12-18(23-25)11-20(27)22(29)24-10-9-16-3-1-2-4-17(16)14-24;1-2/h1-8,20,26-27H,9-14H2;1-2H3. The predicted molar refractivity (Wildman–Crippen MR) is 118 cm³/mol. The molecule has 0 fully saturated rings. The van der Waals surface area contributed by atoms with Crippen LogP contribution in [0.2, 0.25) is 0 Å². The Morgan fingerprint density at radius 2 is 1.77 bits per heavy atom. The molecule has 2 aromatic carbocycles. The molecule has 0 radical (unpaired) electrons. The van der Waals surface area contributed by atoms with Gasteiger partial charge in [0.2, 0.25) is 5.91 Å². The quantitative estimate of drug-likeness (QED) is 0.773. The molecule has 2 aliphatic rings. The Bertz CT molecular complexity index is 956. The van der Waals surface area contributed by atoms with Crippen molar-refractivity contribution in [3.05, 3.63) is 65.2 Å². The van der Waals surface area contributed by atoms with E-state index in [2.05, 4.69) is 11.2 Å². The number of hydrogen-bond acceptors (Lipinski definition) is 5. The van der Waals surface area contributed by atoms with Gasteiger partial charge in [0.25, 0.3) is 5.91 Å². The van der Waals surface area contributed by atoms with E-state index in [-0.39, 0.29) is 37.0 Å². The molecule has 0 saturated heterocycles. The van der Waals surface area contributed by atoms with Gasteiger partial charge in [0.05, 0.1) is 18.7 Å². The number of aromatic hydroxyl groups is 1. The molecular formula is C24H29N3O4. The first-order chi connectivity index (χ1) is 15.0. The van der Waals surface area contributed by atoms with Crippen LogP contribution in [-0.4, -0.2) is 50.3 Å². The van der Waals surface area contributed by atoms with Crippen LogP contribution in [0.4, 0.5) is 0 Å². The molecule has 2 heterocycles. The number of aliphatic hydroxyl groups is 1. The number of carbonyl (C=O) groups excluding carboxylic acids is 2. The molecule has 0 aliphatic carbocycles. The largest absolute Gasteiger partial charge is 0.508 e.